The summed E-state index contributed by atoms with van der Waals surface area (Å²) in [5.74, 6) is -0.369. The Morgan fingerprint density at radius 1 is 1.09 bits per heavy atom. The molecule has 0 unspecified atom stereocenters. The summed E-state index contributed by atoms with van der Waals surface area (Å²) >= 11 is 0. The van der Waals surface area contributed by atoms with Crippen molar-refractivity contribution in [2.45, 2.75) is 70.6 Å². The van der Waals surface area contributed by atoms with Gasteiger partial charge >= 0.3 is 12.4 Å². The van der Waals surface area contributed by atoms with Crippen molar-refractivity contribution in [3.05, 3.63) is 51.7 Å². The van der Waals surface area contributed by atoms with Crippen LogP contribution in [0.25, 0.3) is 0 Å². The average molecular weight is 652 g/mol. The summed E-state index contributed by atoms with van der Waals surface area (Å²) in [5, 5.41) is 6.37. The molecular formula is C26H35F6N7O4Si. The minimum atomic E-state index is -4.96. The van der Waals surface area contributed by atoms with Gasteiger partial charge in [-0.1, -0.05) is 31.3 Å². The molecule has 3 rings (SSSR count). The molecule has 0 fully saturated rings. The third-order valence-corrected chi connectivity index (χ3v) is 8.10. The van der Waals surface area contributed by atoms with Crippen LogP contribution in [0.15, 0.2) is 35.0 Å². The Balaban J connectivity index is 1.47. The van der Waals surface area contributed by atoms with Gasteiger partial charge in [0.15, 0.2) is 0 Å². The highest BCUT2D eigenvalue weighted by molar-refractivity contribution is 6.76. The fourth-order valence-corrected chi connectivity index (χ4v) is 4.73. The van der Waals surface area contributed by atoms with Gasteiger partial charge in [-0.25, -0.2) is 20.1 Å². The zero-order chi connectivity index (χ0) is 32.7. The maximum absolute atomic E-state index is 13.8. The number of carbonyl (C=O) groups is 1. The summed E-state index contributed by atoms with van der Waals surface area (Å²) in [4.78, 5) is 39.2. The molecule has 3 heterocycles. The number of aromatic nitrogens is 4. The van der Waals surface area contributed by atoms with E-state index in [1.165, 1.54) is 6.92 Å². The van der Waals surface area contributed by atoms with Gasteiger partial charge in [0.1, 0.15) is 12.3 Å². The third kappa shape index (κ3) is 10.6. The minimum Gasteiger partial charge on any atom is -0.378 e. The SMILES string of the molecule is C[C@@H](CONC(=O)CC1=CCN(c2ncc(C(F)(F)F)cn2)CC1)Nc1cnn(COCC[Si](C)(C)C)c(=O)c1C(F)(F)F. The molecular weight excluding hydrogens is 616 g/mol. The van der Waals surface area contributed by atoms with Crippen LogP contribution >= 0.6 is 0 Å². The van der Waals surface area contributed by atoms with Crippen LogP contribution < -0.4 is 21.3 Å². The van der Waals surface area contributed by atoms with Gasteiger partial charge in [0.2, 0.25) is 11.9 Å². The standard InChI is InChI=1S/C26H35F6N7O4Si/c1-17(36-20-14-35-39(16-42-9-10-44(2,3)4)23(41)22(20)26(30,31)32)15-43-37-21(40)11-18-5-7-38(8-6-18)24-33-12-19(13-34-24)25(27,28)29/h5,12-14,17,36H,6-11,15-16H2,1-4H3,(H,37,40)/t17-/m0/s1. The van der Waals surface area contributed by atoms with Crippen molar-refractivity contribution in [1.29, 1.82) is 0 Å². The molecule has 0 saturated carbocycles. The smallest absolute Gasteiger partial charge is 0.378 e. The maximum Gasteiger partial charge on any atom is 0.423 e. The van der Waals surface area contributed by atoms with E-state index in [2.05, 4.69) is 45.5 Å². The number of ether oxygens (including phenoxy) is 1. The number of anilines is 2. The van der Waals surface area contributed by atoms with E-state index in [0.29, 0.717) is 36.6 Å². The summed E-state index contributed by atoms with van der Waals surface area (Å²) in [6.07, 6.45) is -5.03. The van der Waals surface area contributed by atoms with Crippen LogP contribution in [0.4, 0.5) is 38.0 Å². The second kappa shape index (κ2) is 14.5. The van der Waals surface area contributed by atoms with Gasteiger partial charge < -0.3 is 15.0 Å². The zero-order valence-electron chi connectivity index (χ0n) is 24.7. The van der Waals surface area contributed by atoms with Crippen LogP contribution in [0.5, 0.6) is 0 Å². The van der Waals surface area contributed by atoms with E-state index in [-0.39, 0.29) is 25.5 Å². The van der Waals surface area contributed by atoms with Gasteiger partial charge in [0.05, 0.1) is 24.1 Å². The topological polar surface area (TPSA) is 124 Å². The second-order valence-corrected chi connectivity index (χ2v) is 17.1. The summed E-state index contributed by atoms with van der Waals surface area (Å²) in [7, 11) is -1.42. The van der Waals surface area contributed by atoms with Gasteiger partial charge in [-0.05, 0) is 19.4 Å². The predicted octanol–water partition coefficient (Wildman–Crippen LogP) is 4.46. The Morgan fingerprint density at radius 2 is 1.77 bits per heavy atom. The van der Waals surface area contributed by atoms with Gasteiger partial charge in [-0.3, -0.25) is 14.4 Å². The van der Waals surface area contributed by atoms with E-state index in [9.17, 15) is 35.9 Å². The van der Waals surface area contributed by atoms with Crippen LogP contribution in [-0.4, -0.2) is 66.1 Å². The number of amides is 1. The highest BCUT2D eigenvalue weighted by atomic mass is 28.3. The van der Waals surface area contributed by atoms with Crippen LogP contribution in [-0.2, 0) is 33.5 Å². The molecule has 0 aliphatic carbocycles. The van der Waals surface area contributed by atoms with Crippen molar-refractivity contribution in [2.75, 3.05) is 36.5 Å². The Kier molecular flexibility index (Phi) is 11.5. The van der Waals surface area contributed by atoms with Crippen LogP contribution in [0.2, 0.25) is 25.7 Å². The fraction of sp³-hybridized carbons (Fsp3) is 0.577. The monoisotopic (exact) mass is 651 g/mol. The molecule has 1 atom stereocenters. The highest BCUT2D eigenvalue weighted by Crippen LogP contribution is 2.32. The molecule has 2 aromatic rings. The number of nitrogens with zero attached hydrogens (tertiary/aromatic N) is 5. The van der Waals surface area contributed by atoms with E-state index in [1.54, 1.807) is 11.0 Å². The van der Waals surface area contributed by atoms with Crippen LogP contribution in [0.3, 0.4) is 0 Å². The molecule has 1 aliphatic heterocycles. The molecule has 2 N–H and O–H groups in total. The molecule has 244 valence electrons. The van der Waals surface area contributed by atoms with Crippen molar-refractivity contribution in [3.8, 4) is 0 Å². The maximum atomic E-state index is 13.8. The molecule has 11 nitrogen and oxygen atoms in total. The molecule has 0 radical (unpaired) electrons. The molecule has 1 amide bonds. The molecule has 44 heavy (non-hydrogen) atoms. The lowest BCUT2D eigenvalue weighted by Gasteiger charge is -2.26. The van der Waals surface area contributed by atoms with Gasteiger partial charge in [-0.15, -0.1) is 0 Å². The molecule has 0 saturated heterocycles. The lowest BCUT2D eigenvalue weighted by atomic mass is 10.0. The Labute approximate surface area is 250 Å². The van der Waals surface area contributed by atoms with Gasteiger partial charge in [0, 0.05) is 52.6 Å². The van der Waals surface area contributed by atoms with E-state index < -0.39 is 61.5 Å². The number of hydrogen-bond donors (Lipinski definition) is 2. The number of halogens is 6. The number of nitrogens with one attached hydrogen (secondary N) is 2. The predicted molar refractivity (Wildman–Crippen MR) is 151 cm³/mol. The van der Waals surface area contributed by atoms with Gasteiger partial charge in [-0.2, -0.15) is 31.4 Å². The van der Waals surface area contributed by atoms with Crippen molar-refractivity contribution < 1.29 is 40.7 Å². The largest absolute Gasteiger partial charge is 0.423 e. The fourth-order valence-electron chi connectivity index (χ4n) is 3.97. The number of hydrogen-bond acceptors (Lipinski definition) is 9. The summed E-state index contributed by atoms with van der Waals surface area (Å²) in [6, 6.07) is 0.0200. The van der Waals surface area contributed by atoms with E-state index in [4.69, 9.17) is 9.57 Å². The molecule has 18 heteroatoms. The van der Waals surface area contributed by atoms with Crippen LogP contribution in [0.1, 0.15) is 30.9 Å². The molecule has 2 aromatic heterocycles. The first-order valence-electron chi connectivity index (χ1n) is 13.7. The summed E-state index contributed by atoms with van der Waals surface area (Å²) in [5.41, 5.74) is -1.26. The molecule has 0 aromatic carbocycles. The highest BCUT2D eigenvalue weighted by Gasteiger charge is 2.38. The first-order valence-corrected chi connectivity index (χ1v) is 17.4. The summed E-state index contributed by atoms with van der Waals surface area (Å²) < 4.78 is 85.5. The van der Waals surface area contributed by atoms with Crippen LogP contribution in [0, 0.1) is 0 Å². The Bertz CT molecular complexity index is 1360. The minimum absolute atomic E-state index is 0.0239. The van der Waals surface area contributed by atoms with Crippen molar-refractivity contribution in [3.63, 3.8) is 0 Å². The molecule has 1 aliphatic rings. The van der Waals surface area contributed by atoms with E-state index >= 15 is 0 Å². The molecule has 0 spiro atoms. The van der Waals surface area contributed by atoms with E-state index in [1.807, 2.05) is 0 Å². The van der Waals surface area contributed by atoms with Crippen molar-refractivity contribution >= 4 is 25.6 Å². The second-order valence-electron chi connectivity index (χ2n) is 11.5. The third-order valence-electron chi connectivity index (χ3n) is 6.40. The number of carbonyl (C=O) groups excluding carboxylic acids is 1. The van der Waals surface area contributed by atoms with E-state index in [0.717, 1.165) is 17.8 Å². The lowest BCUT2D eigenvalue weighted by Crippen LogP contribution is -2.35. The lowest BCUT2D eigenvalue weighted by molar-refractivity contribution is -0.139. The molecule has 0 bridgehead atoms. The average Bonchev–Trinajstić information content (AvgIpc) is 2.91. The van der Waals surface area contributed by atoms with Crippen molar-refractivity contribution in [1.82, 2.24) is 25.2 Å². The summed E-state index contributed by atoms with van der Waals surface area (Å²) in [6.45, 7) is 8.19. The normalized spacial score (nSPS) is 15.1. The Morgan fingerprint density at radius 3 is 2.34 bits per heavy atom. The number of hydroxylamine groups is 1. The number of alkyl halides is 6. The first kappa shape index (κ1) is 35.0. The number of rotatable bonds is 13. The van der Waals surface area contributed by atoms with Gasteiger partial charge in [0.25, 0.3) is 5.56 Å². The first-order chi connectivity index (χ1) is 20.4. The quantitative estimate of drug-likeness (QED) is 0.106. The van der Waals surface area contributed by atoms with Crippen molar-refractivity contribution in [2.24, 2.45) is 0 Å². The zero-order valence-corrected chi connectivity index (χ0v) is 25.7. The Hall–Kier alpha value is -3.51.